The summed E-state index contributed by atoms with van der Waals surface area (Å²) < 4.78 is 2.30. The first-order valence-corrected chi connectivity index (χ1v) is 8.55. The summed E-state index contributed by atoms with van der Waals surface area (Å²) in [6.45, 7) is 6.85. The van der Waals surface area contributed by atoms with E-state index in [-0.39, 0.29) is 5.54 Å². The van der Waals surface area contributed by atoms with Gasteiger partial charge in [-0.15, -0.1) is 0 Å². The van der Waals surface area contributed by atoms with Crippen molar-refractivity contribution in [3.63, 3.8) is 0 Å². The molecule has 1 saturated carbocycles. The van der Waals surface area contributed by atoms with Crippen LogP contribution in [0.5, 0.6) is 0 Å². The van der Waals surface area contributed by atoms with Crippen molar-refractivity contribution < 1.29 is 0 Å². The fourth-order valence-electron chi connectivity index (χ4n) is 3.09. The number of nitrogens with zero attached hydrogens (tertiary/aromatic N) is 1. The maximum Gasteiger partial charge on any atom is 0.0514 e. The third-order valence-corrected chi connectivity index (χ3v) is 5.66. The van der Waals surface area contributed by atoms with E-state index in [1.165, 1.54) is 23.0 Å². The van der Waals surface area contributed by atoms with Gasteiger partial charge < -0.3 is 10.2 Å². The minimum Gasteiger partial charge on any atom is -0.365 e. The van der Waals surface area contributed by atoms with Crippen LogP contribution in [0.25, 0.3) is 0 Å². The van der Waals surface area contributed by atoms with Crippen molar-refractivity contribution in [2.24, 2.45) is 5.92 Å². The molecule has 4 heteroatoms. The average Bonchev–Trinajstić information content (AvgIpc) is 3.17. The van der Waals surface area contributed by atoms with E-state index in [4.69, 9.17) is 0 Å². The molecule has 0 bridgehead atoms. The smallest absolute Gasteiger partial charge is 0.0514 e. The highest BCUT2D eigenvalue weighted by molar-refractivity contribution is 9.11. The molecule has 0 radical (unpaired) electrons. The van der Waals surface area contributed by atoms with Crippen LogP contribution < -0.4 is 10.2 Å². The van der Waals surface area contributed by atoms with Gasteiger partial charge in [-0.25, -0.2) is 0 Å². The molecule has 2 unspecified atom stereocenters. The first kappa shape index (κ1) is 13.9. The lowest BCUT2D eigenvalue weighted by molar-refractivity contribution is 0.260. The van der Waals surface area contributed by atoms with E-state index in [2.05, 4.69) is 74.1 Å². The number of piperazine rings is 1. The second kappa shape index (κ2) is 5.05. The number of nitrogens with one attached hydrogen (secondary N) is 1. The quantitative estimate of drug-likeness (QED) is 0.818. The van der Waals surface area contributed by atoms with Gasteiger partial charge in [0.25, 0.3) is 0 Å². The SMILES string of the molecule is CC1CNC(C)(C2CC2)CN1c1ccc(Br)cc1Br. The van der Waals surface area contributed by atoms with E-state index < -0.39 is 0 Å². The van der Waals surface area contributed by atoms with Gasteiger partial charge in [0.05, 0.1) is 5.69 Å². The predicted molar refractivity (Wildman–Crippen MR) is 87.8 cm³/mol. The molecule has 1 saturated heterocycles. The monoisotopic (exact) mass is 386 g/mol. The van der Waals surface area contributed by atoms with Gasteiger partial charge >= 0.3 is 0 Å². The molecule has 0 amide bonds. The van der Waals surface area contributed by atoms with Gasteiger partial charge in [-0.2, -0.15) is 0 Å². The standard InChI is InChI=1S/C15H20Br2N2/c1-10-8-18-15(2,11-3-4-11)9-19(10)14-6-5-12(16)7-13(14)17/h5-7,10-11,18H,3-4,8-9H2,1-2H3. The molecule has 1 aromatic carbocycles. The Balaban J connectivity index is 1.88. The molecule has 2 fully saturated rings. The van der Waals surface area contributed by atoms with Gasteiger partial charge in [-0.1, -0.05) is 15.9 Å². The Hall–Kier alpha value is -0.0600. The van der Waals surface area contributed by atoms with Crippen LogP contribution in [-0.2, 0) is 0 Å². The average molecular weight is 388 g/mol. The van der Waals surface area contributed by atoms with Crippen LogP contribution in [-0.4, -0.2) is 24.7 Å². The fraction of sp³-hybridized carbons (Fsp3) is 0.600. The second-order valence-electron chi connectivity index (χ2n) is 6.15. The molecule has 1 heterocycles. The number of benzene rings is 1. The third kappa shape index (κ3) is 2.72. The second-order valence-corrected chi connectivity index (χ2v) is 7.92. The van der Waals surface area contributed by atoms with Gasteiger partial charge in [-0.3, -0.25) is 0 Å². The van der Waals surface area contributed by atoms with Gasteiger partial charge in [-0.05, 0) is 66.7 Å². The summed E-state index contributed by atoms with van der Waals surface area (Å²) in [6.07, 6.45) is 2.76. The van der Waals surface area contributed by atoms with Gasteiger partial charge in [0.15, 0.2) is 0 Å². The molecule has 3 rings (SSSR count). The van der Waals surface area contributed by atoms with E-state index in [0.29, 0.717) is 6.04 Å². The molecule has 0 aromatic heterocycles. The summed E-state index contributed by atoms with van der Waals surface area (Å²) in [7, 11) is 0. The summed E-state index contributed by atoms with van der Waals surface area (Å²) in [6, 6.07) is 7.01. The Kier molecular flexibility index (Phi) is 3.69. The van der Waals surface area contributed by atoms with Crippen molar-refractivity contribution >= 4 is 37.5 Å². The molecule has 2 aliphatic rings. The minimum atomic E-state index is 0.277. The molecule has 1 aliphatic carbocycles. The Labute approximate surface area is 132 Å². The Morgan fingerprint density at radius 2 is 2.05 bits per heavy atom. The zero-order chi connectivity index (χ0) is 13.6. The first-order valence-electron chi connectivity index (χ1n) is 6.96. The van der Waals surface area contributed by atoms with Crippen LogP contribution in [0.2, 0.25) is 0 Å². The van der Waals surface area contributed by atoms with E-state index in [9.17, 15) is 0 Å². The minimum absolute atomic E-state index is 0.277. The van der Waals surface area contributed by atoms with Crippen molar-refractivity contribution in [1.82, 2.24) is 5.32 Å². The van der Waals surface area contributed by atoms with E-state index in [1.54, 1.807) is 0 Å². The summed E-state index contributed by atoms with van der Waals surface area (Å²) in [4.78, 5) is 2.55. The number of hydrogen-bond acceptors (Lipinski definition) is 2. The Bertz CT molecular complexity index is 487. The zero-order valence-electron chi connectivity index (χ0n) is 11.4. The number of rotatable bonds is 2. The lowest BCUT2D eigenvalue weighted by atomic mass is 9.91. The van der Waals surface area contributed by atoms with Crippen molar-refractivity contribution in [3.05, 3.63) is 27.1 Å². The fourth-order valence-corrected chi connectivity index (χ4v) is 4.36. The Morgan fingerprint density at radius 3 is 2.68 bits per heavy atom. The van der Waals surface area contributed by atoms with Gasteiger partial charge in [0, 0.05) is 33.6 Å². The molecule has 1 N–H and O–H groups in total. The molecule has 104 valence electrons. The van der Waals surface area contributed by atoms with E-state index in [0.717, 1.165) is 23.5 Å². The summed E-state index contributed by atoms with van der Waals surface area (Å²) in [5.41, 5.74) is 1.59. The maximum absolute atomic E-state index is 3.77. The van der Waals surface area contributed by atoms with Crippen molar-refractivity contribution in [1.29, 1.82) is 0 Å². The summed E-state index contributed by atoms with van der Waals surface area (Å²) in [5.74, 6) is 0.858. The van der Waals surface area contributed by atoms with E-state index >= 15 is 0 Å². The van der Waals surface area contributed by atoms with Gasteiger partial charge in [0.1, 0.15) is 0 Å². The number of halogens is 2. The summed E-state index contributed by atoms with van der Waals surface area (Å²) in [5, 5.41) is 3.77. The van der Waals surface area contributed by atoms with Crippen molar-refractivity contribution in [3.8, 4) is 0 Å². The highest BCUT2D eigenvalue weighted by Gasteiger charge is 2.45. The third-order valence-electron chi connectivity index (χ3n) is 4.53. The lowest BCUT2D eigenvalue weighted by Crippen LogP contribution is -2.63. The largest absolute Gasteiger partial charge is 0.365 e. The first-order chi connectivity index (χ1) is 8.99. The molecular weight excluding hydrogens is 368 g/mol. The van der Waals surface area contributed by atoms with Gasteiger partial charge in [0.2, 0.25) is 0 Å². The van der Waals surface area contributed by atoms with Crippen LogP contribution in [0.15, 0.2) is 27.1 Å². The van der Waals surface area contributed by atoms with Crippen LogP contribution in [0.4, 0.5) is 5.69 Å². The van der Waals surface area contributed by atoms with Crippen LogP contribution in [0.1, 0.15) is 26.7 Å². The number of hydrogen-bond donors (Lipinski definition) is 1. The molecule has 1 aliphatic heterocycles. The van der Waals surface area contributed by atoms with Crippen LogP contribution >= 0.6 is 31.9 Å². The summed E-state index contributed by atoms with van der Waals surface area (Å²) >= 11 is 7.24. The Morgan fingerprint density at radius 1 is 1.32 bits per heavy atom. The molecular formula is C15H20Br2N2. The molecule has 19 heavy (non-hydrogen) atoms. The molecule has 2 atom stereocenters. The predicted octanol–water partition coefficient (Wildman–Crippen LogP) is 4.18. The highest BCUT2D eigenvalue weighted by Crippen LogP contribution is 2.43. The van der Waals surface area contributed by atoms with E-state index in [1.807, 2.05) is 0 Å². The van der Waals surface area contributed by atoms with Crippen molar-refractivity contribution in [2.75, 3.05) is 18.0 Å². The molecule has 0 spiro atoms. The lowest BCUT2D eigenvalue weighted by Gasteiger charge is -2.47. The normalized spacial score (nSPS) is 31.6. The molecule has 1 aromatic rings. The van der Waals surface area contributed by atoms with Crippen LogP contribution in [0.3, 0.4) is 0 Å². The topological polar surface area (TPSA) is 15.3 Å². The highest BCUT2D eigenvalue weighted by atomic mass is 79.9. The zero-order valence-corrected chi connectivity index (χ0v) is 14.6. The van der Waals surface area contributed by atoms with Crippen molar-refractivity contribution in [2.45, 2.75) is 38.3 Å². The van der Waals surface area contributed by atoms with Crippen LogP contribution in [0, 0.1) is 5.92 Å². The molecule has 2 nitrogen and oxygen atoms in total. The maximum atomic E-state index is 3.77. The number of anilines is 1.